The van der Waals surface area contributed by atoms with Crippen LogP contribution in [0, 0.1) is 0 Å². The second-order valence-electron chi connectivity index (χ2n) is 6.93. The second kappa shape index (κ2) is 10.4. The lowest BCUT2D eigenvalue weighted by Crippen LogP contribution is -2.49. The van der Waals surface area contributed by atoms with E-state index in [0.717, 1.165) is 5.82 Å². The van der Waals surface area contributed by atoms with Gasteiger partial charge in [-0.3, -0.25) is 4.79 Å². The number of carbonyl (C=O) groups excluding carboxylic acids is 1. The summed E-state index contributed by atoms with van der Waals surface area (Å²) in [6.45, 7) is 4.71. The number of hydrogen-bond donors (Lipinski definition) is 1. The third-order valence-electron chi connectivity index (χ3n) is 4.90. The molecule has 1 saturated heterocycles. The summed E-state index contributed by atoms with van der Waals surface area (Å²) >= 11 is 0. The summed E-state index contributed by atoms with van der Waals surface area (Å²) in [5, 5.41) is 2.78. The molecule has 30 heavy (non-hydrogen) atoms. The average molecular weight is 433 g/mol. The summed E-state index contributed by atoms with van der Waals surface area (Å²) < 4.78 is 32.3. The van der Waals surface area contributed by atoms with Crippen LogP contribution in [-0.4, -0.2) is 68.7 Å². The molecular formula is C21H28N4O4S. The zero-order valence-corrected chi connectivity index (χ0v) is 18.0. The quantitative estimate of drug-likeness (QED) is 0.607. The summed E-state index contributed by atoms with van der Waals surface area (Å²) in [6.07, 6.45) is 2.09. The predicted molar refractivity (Wildman–Crippen MR) is 116 cm³/mol. The van der Waals surface area contributed by atoms with Crippen molar-refractivity contribution in [2.24, 2.45) is 0 Å². The number of aromatic nitrogens is 1. The molecule has 0 radical (unpaired) electrons. The second-order valence-corrected chi connectivity index (χ2v) is 9.02. The molecule has 9 heteroatoms. The predicted octanol–water partition coefficient (Wildman–Crippen LogP) is 1.75. The summed E-state index contributed by atoms with van der Waals surface area (Å²) in [4.78, 5) is 18.8. The maximum atomic E-state index is 12.6. The number of para-hydroxylation sites is 1. The standard InChI is InChI=1S/C21H28N4O4S/c1-2-29-19-9-4-3-8-18(19)21(26)23-12-7-17-30(27,28)25-15-13-24(14-16-25)20-10-5-6-11-22-20/h3-6,8-11H,2,7,12-17H2,1H3,(H,23,26). The van der Waals surface area contributed by atoms with Crippen LogP contribution in [0.1, 0.15) is 23.7 Å². The van der Waals surface area contributed by atoms with Crippen molar-refractivity contribution in [1.82, 2.24) is 14.6 Å². The smallest absolute Gasteiger partial charge is 0.255 e. The fourth-order valence-electron chi connectivity index (χ4n) is 3.35. The molecule has 0 unspecified atom stereocenters. The number of hydrogen-bond acceptors (Lipinski definition) is 6. The Kier molecular flexibility index (Phi) is 7.64. The number of sulfonamides is 1. The van der Waals surface area contributed by atoms with Crippen molar-refractivity contribution in [2.75, 3.05) is 50.0 Å². The Labute approximate surface area is 177 Å². The Morgan fingerprint density at radius 1 is 1.10 bits per heavy atom. The minimum Gasteiger partial charge on any atom is -0.493 e. The van der Waals surface area contributed by atoms with Gasteiger partial charge in [-0.1, -0.05) is 18.2 Å². The van der Waals surface area contributed by atoms with Gasteiger partial charge in [-0.2, -0.15) is 4.31 Å². The molecule has 2 heterocycles. The molecule has 1 aliphatic rings. The molecule has 0 atom stereocenters. The third-order valence-corrected chi connectivity index (χ3v) is 6.86. The molecule has 0 bridgehead atoms. The number of piperazine rings is 1. The van der Waals surface area contributed by atoms with E-state index in [1.807, 2.05) is 31.2 Å². The first kappa shape index (κ1) is 22.0. The highest BCUT2D eigenvalue weighted by atomic mass is 32.2. The SMILES string of the molecule is CCOc1ccccc1C(=O)NCCCS(=O)(=O)N1CCN(c2ccccn2)CC1. The van der Waals surface area contributed by atoms with Crippen molar-refractivity contribution in [1.29, 1.82) is 0 Å². The van der Waals surface area contributed by atoms with Crippen molar-refractivity contribution >= 4 is 21.7 Å². The highest BCUT2D eigenvalue weighted by Crippen LogP contribution is 2.18. The van der Waals surface area contributed by atoms with Gasteiger partial charge in [-0.05, 0) is 37.6 Å². The molecule has 3 rings (SSSR count). The highest BCUT2D eigenvalue weighted by Gasteiger charge is 2.27. The van der Waals surface area contributed by atoms with E-state index >= 15 is 0 Å². The van der Waals surface area contributed by atoms with Gasteiger partial charge in [0.2, 0.25) is 10.0 Å². The zero-order chi connectivity index (χ0) is 21.4. The van der Waals surface area contributed by atoms with E-state index in [1.54, 1.807) is 24.4 Å². The average Bonchev–Trinajstić information content (AvgIpc) is 2.78. The fraction of sp³-hybridized carbons (Fsp3) is 0.429. The molecular weight excluding hydrogens is 404 g/mol. The molecule has 1 aromatic heterocycles. The maximum Gasteiger partial charge on any atom is 0.255 e. The first-order valence-electron chi connectivity index (χ1n) is 10.1. The van der Waals surface area contributed by atoms with Crippen LogP contribution in [0.25, 0.3) is 0 Å². The van der Waals surface area contributed by atoms with E-state index in [9.17, 15) is 13.2 Å². The molecule has 0 saturated carbocycles. The number of benzene rings is 1. The fourth-order valence-corrected chi connectivity index (χ4v) is 4.84. The molecule has 1 N–H and O–H groups in total. The molecule has 1 fully saturated rings. The lowest BCUT2D eigenvalue weighted by molar-refractivity contribution is 0.0950. The number of rotatable bonds is 9. The normalized spacial score (nSPS) is 15.0. The van der Waals surface area contributed by atoms with E-state index in [-0.39, 0.29) is 18.2 Å². The van der Waals surface area contributed by atoms with Crippen molar-refractivity contribution in [3.8, 4) is 5.75 Å². The van der Waals surface area contributed by atoms with Gasteiger partial charge in [0.25, 0.3) is 5.91 Å². The minimum absolute atomic E-state index is 0.00394. The van der Waals surface area contributed by atoms with E-state index < -0.39 is 10.0 Å². The maximum absolute atomic E-state index is 12.6. The van der Waals surface area contributed by atoms with Crippen molar-refractivity contribution < 1.29 is 17.9 Å². The Hall–Kier alpha value is -2.65. The number of ether oxygens (including phenoxy) is 1. The Morgan fingerprint density at radius 2 is 1.83 bits per heavy atom. The van der Waals surface area contributed by atoms with Crippen LogP contribution in [0.5, 0.6) is 5.75 Å². The van der Waals surface area contributed by atoms with Gasteiger partial charge in [0, 0.05) is 38.9 Å². The topological polar surface area (TPSA) is 91.8 Å². The lowest BCUT2D eigenvalue weighted by atomic mass is 10.2. The Morgan fingerprint density at radius 3 is 2.53 bits per heavy atom. The van der Waals surface area contributed by atoms with E-state index in [1.165, 1.54) is 4.31 Å². The van der Waals surface area contributed by atoms with Gasteiger partial charge in [0.05, 0.1) is 17.9 Å². The summed E-state index contributed by atoms with van der Waals surface area (Å²) in [6, 6.07) is 12.7. The zero-order valence-electron chi connectivity index (χ0n) is 17.2. The van der Waals surface area contributed by atoms with E-state index in [0.29, 0.717) is 50.5 Å². The minimum atomic E-state index is -3.36. The first-order valence-corrected chi connectivity index (χ1v) is 11.8. The van der Waals surface area contributed by atoms with Gasteiger partial charge in [0.1, 0.15) is 11.6 Å². The monoisotopic (exact) mass is 432 g/mol. The van der Waals surface area contributed by atoms with Gasteiger partial charge in [0.15, 0.2) is 0 Å². The van der Waals surface area contributed by atoms with Crippen LogP contribution in [0.3, 0.4) is 0 Å². The molecule has 2 aromatic rings. The molecule has 0 aliphatic carbocycles. The summed E-state index contributed by atoms with van der Waals surface area (Å²) in [5.41, 5.74) is 0.452. The van der Waals surface area contributed by atoms with Crippen LogP contribution in [0.15, 0.2) is 48.7 Å². The molecule has 162 valence electrons. The number of pyridine rings is 1. The summed E-state index contributed by atoms with van der Waals surface area (Å²) in [5.74, 6) is 1.13. The van der Waals surface area contributed by atoms with Crippen molar-refractivity contribution in [3.05, 3.63) is 54.2 Å². The van der Waals surface area contributed by atoms with Crippen LogP contribution < -0.4 is 15.0 Å². The first-order chi connectivity index (χ1) is 14.5. The molecule has 1 amide bonds. The number of carbonyl (C=O) groups is 1. The number of anilines is 1. The van der Waals surface area contributed by atoms with E-state index in [4.69, 9.17) is 4.74 Å². The molecule has 1 aliphatic heterocycles. The Bertz CT molecular complexity index is 929. The van der Waals surface area contributed by atoms with Crippen molar-refractivity contribution in [2.45, 2.75) is 13.3 Å². The highest BCUT2D eigenvalue weighted by molar-refractivity contribution is 7.89. The van der Waals surface area contributed by atoms with E-state index in [2.05, 4.69) is 15.2 Å². The molecule has 0 spiro atoms. The van der Waals surface area contributed by atoms with Crippen LogP contribution in [0.2, 0.25) is 0 Å². The number of nitrogens with one attached hydrogen (secondary N) is 1. The number of nitrogens with zero attached hydrogens (tertiary/aromatic N) is 3. The van der Waals surface area contributed by atoms with Crippen molar-refractivity contribution in [3.63, 3.8) is 0 Å². The van der Waals surface area contributed by atoms with Gasteiger partial charge >= 0.3 is 0 Å². The van der Waals surface area contributed by atoms with Gasteiger partial charge in [-0.15, -0.1) is 0 Å². The largest absolute Gasteiger partial charge is 0.493 e. The van der Waals surface area contributed by atoms with Gasteiger partial charge in [-0.25, -0.2) is 13.4 Å². The molecule has 8 nitrogen and oxygen atoms in total. The van der Waals surface area contributed by atoms with Crippen LogP contribution >= 0.6 is 0 Å². The lowest BCUT2D eigenvalue weighted by Gasteiger charge is -2.34. The summed E-state index contributed by atoms with van der Waals surface area (Å²) in [7, 11) is -3.36. The Balaban J connectivity index is 1.44. The number of amides is 1. The van der Waals surface area contributed by atoms with Crippen LogP contribution in [-0.2, 0) is 10.0 Å². The van der Waals surface area contributed by atoms with Gasteiger partial charge < -0.3 is 15.0 Å². The van der Waals surface area contributed by atoms with Crippen LogP contribution in [0.4, 0.5) is 5.82 Å². The third kappa shape index (κ3) is 5.70. The molecule has 1 aromatic carbocycles.